The van der Waals surface area contributed by atoms with Crippen LogP contribution in [0, 0.1) is 0 Å². The van der Waals surface area contributed by atoms with Crippen molar-refractivity contribution in [3.63, 3.8) is 0 Å². The Hall–Kier alpha value is -1.56. The molecule has 1 atom stereocenters. The van der Waals surface area contributed by atoms with Crippen molar-refractivity contribution in [3.8, 4) is 0 Å². The van der Waals surface area contributed by atoms with E-state index in [1.807, 2.05) is 6.07 Å². The van der Waals surface area contributed by atoms with E-state index in [0.29, 0.717) is 18.6 Å². The molecule has 0 aromatic carbocycles. The van der Waals surface area contributed by atoms with Gasteiger partial charge in [-0.1, -0.05) is 19.0 Å². The molecule has 1 aliphatic rings. The lowest BCUT2D eigenvalue weighted by molar-refractivity contribution is 0.105. The van der Waals surface area contributed by atoms with E-state index in [1.54, 1.807) is 7.05 Å². The van der Waals surface area contributed by atoms with Crippen molar-refractivity contribution in [1.29, 1.82) is 0 Å². The van der Waals surface area contributed by atoms with Gasteiger partial charge in [0.25, 0.3) is 0 Å². The van der Waals surface area contributed by atoms with Crippen molar-refractivity contribution in [3.05, 3.63) is 17.5 Å². The van der Waals surface area contributed by atoms with E-state index in [1.165, 1.54) is 12.8 Å². The zero-order chi connectivity index (χ0) is 16.5. The number of nitrogens with zero attached hydrogens (tertiary/aromatic N) is 2. The quantitative estimate of drug-likeness (QED) is 0.569. The van der Waals surface area contributed by atoms with Crippen molar-refractivity contribution in [2.75, 3.05) is 20.2 Å². The molecule has 1 aromatic rings. The lowest BCUT2D eigenvalue weighted by atomic mass is 9.99. The molecule has 2 heterocycles. The second-order valence-corrected chi connectivity index (χ2v) is 6.01. The number of rotatable bonds is 8. The van der Waals surface area contributed by atoms with Crippen LogP contribution in [0.4, 0.5) is 0 Å². The van der Waals surface area contributed by atoms with Crippen LogP contribution in [-0.2, 0) is 11.3 Å². The van der Waals surface area contributed by atoms with Gasteiger partial charge < -0.3 is 19.9 Å². The Bertz CT molecular complexity index is 477. The number of hydrogen-bond acceptors (Lipinski definition) is 4. The average molecular weight is 322 g/mol. The fraction of sp³-hybridized carbons (Fsp3) is 0.765. The van der Waals surface area contributed by atoms with E-state index in [-0.39, 0.29) is 0 Å². The SMILES string of the molecule is CCC(CC)c1cc(CNC(=NC)NCCC2CCCO2)on1. The van der Waals surface area contributed by atoms with E-state index in [9.17, 15) is 0 Å². The molecule has 1 aliphatic heterocycles. The summed E-state index contributed by atoms with van der Waals surface area (Å²) in [6.45, 7) is 6.72. The summed E-state index contributed by atoms with van der Waals surface area (Å²) in [7, 11) is 1.78. The molecule has 6 heteroatoms. The summed E-state index contributed by atoms with van der Waals surface area (Å²) >= 11 is 0. The molecule has 130 valence electrons. The highest BCUT2D eigenvalue weighted by atomic mass is 16.5. The van der Waals surface area contributed by atoms with Gasteiger partial charge in [0.05, 0.1) is 18.3 Å². The smallest absolute Gasteiger partial charge is 0.191 e. The van der Waals surface area contributed by atoms with Crippen molar-refractivity contribution >= 4 is 5.96 Å². The number of aliphatic imine (C=N–C) groups is 1. The highest BCUT2D eigenvalue weighted by molar-refractivity contribution is 5.79. The van der Waals surface area contributed by atoms with Crippen LogP contribution in [-0.4, -0.2) is 37.4 Å². The van der Waals surface area contributed by atoms with Gasteiger partial charge in [-0.25, -0.2) is 0 Å². The first-order valence-electron chi connectivity index (χ1n) is 8.78. The summed E-state index contributed by atoms with van der Waals surface area (Å²) in [6, 6.07) is 2.05. The van der Waals surface area contributed by atoms with E-state index < -0.39 is 0 Å². The van der Waals surface area contributed by atoms with Gasteiger partial charge in [0, 0.05) is 32.2 Å². The number of ether oxygens (including phenoxy) is 1. The molecular weight excluding hydrogens is 292 g/mol. The molecule has 0 bridgehead atoms. The van der Waals surface area contributed by atoms with Gasteiger partial charge in [0.2, 0.25) is 0 Å². The largest absolute Gasteiger partial charge is 0.378 e. The fourth-order valence-corrected chi connectivity index (χ4v) is 2.93. The van der Waals surface area contributed by atoms with E-state index >= 15 is 0 Å². The van der Waals surface area contributed by atoms with Crippen LogP contribution >= 0.6 is 0 Å². The van der Waals surface area contributed by atoms with Crippen molar-refractivity contribution in [1.82, 2.24) is 15.8 Å². The van der Waals surface area contributed by atoms with Crippen LogP contribution in [0.5, 0.6) is 0 Å². The van der Waals surface area contributed by atoms with Gasteiger partial charge in [0.15, 0.2) is 11.7 Å². The number of aromatic nitrogens is 1. The zero-order valence-corrected chi connectivity index (χ0v) is 14.6. The fourth-order valence-electron chi connectivity index (χ4n) is 2.93. The molecule has 0 amide bonds. The highest BCUT2D eigenvalue weighted by Gasteiger charge is 2.15. The van der Waals surface area contributed by atoms with Gasteiger partial charge in [-0.15, -0.1) is 0 Å². The third-order valence-corrected chi connectivity index (χ3v) is 4.42. The van der Waals surface area contributed by atoms with E-state index in [4.69, 9.17) is 9.26 Å². The Morgan fingerprint density at radius 2 is 2.22 bits per heavy atom. The van der Waals surface area contributed by atoms with Gasteiger partial charge in [0.1, 0.15) is 0 Å². The number of hydrogen-bond donors (Lipinski definition) is 2. The molecule has 1 aromatic heterocycles. The van der Waals surface area contributed by atoms with Crippen molar-refractivity contribution < 1.29 is 9.26 Å². The number of guanidine groups is 1. The summed E-state index contributed by atoms with van der Waals surface area (Å²) in [5.41, 5.74) is 1.05. The summed E-state index contributed by atoms with van der Waals surface area (Å²) < 4.78 is 11.0. The first-order valence-corrected chi connectivity index (χ1v) is 8.78. The maximum Gasteiger partial charge on any atom is 0.191 e. The molecule has 2 rings (SSSR count). The molecule has 0 radical (unpaired) electrons. The molecule has 1 saturated heterocycles. The van der Waals surface area contributed by atoms with Gasteiger partial charge in [-0.05, 0) is 32.1 Å². The minimum Gasteiger partial charge on any atom is -0.378 e. The highest BCUT2D eigenvalue weighted by Crippen LogP contribution is 2.22. The number of nitrogens with one attached hydrogen (secondary N) is 2. The van der Waals surface area contributed by atoms with E-state index in [2.05, 4.69) is 34.6 Å². The first-order chi connectivity index (χ1) is 11.3. The summed E-state index contributed by atoms with van der Waals surface area (Å²) in [5.74, 6) is 2.11. The second kappa shape index (κ2) is 9.55. The molecule has 2 N–H and O–H groups in total. The molecule has 0 spiro atoms. The molecule has 0 aliphatic carbocycles. The van der Waals surface area contributed by atoms with Gasteiger partial charge >= 0.3 is 0 Å². The minimum absolute atomic E-state index is 0.400. The molecule has 0 saturated carbocycles. The van der Waals surface area contributed by atoms with E-state index in [0.717, 1.165) is 49.8 Å². The summed E-state index contributed by atoms with van der Waals surface area (Å²) in [4.78, 5) is 4.23. The molecule has 1 fully saturated rings. The lowest BCUT2D eigenvalue weighted by Crippen LogP contribution is -2.38. The van der Waals surface area contributed by atoms with Crippen LogP contribution < -0.4 is 10.6 Å². The molecule has 6 nitrogen and oxygen atoms in total. The standard InChI is InChI=1S/C17H30N4O2/c1-4-13(5-2)16-11-15(23-21-16)12-20-17(18-3)19-9-8-14-7-6-10-22-14/h11,13-14H,4-10,12H2,1-3H3,(H2,18,19,20). The lowest BCUT2D eigenvalue weighted by Gasteiger charge is -2.13. The summed E-state index contributed by atoms with van der Waals surface area (Å²) in [6.07, 6.45) is 5.94. The zero-order valence-electron chi connectivity index (χ0n) is 14.6. The Morgan fingerprint density at radius 3 is 2.87 bits per heavy atom. The van der Waals surface area contributed by atoms with Crippen LogP contribution in [0.15, 0.2) is 15.6 Å². The van der Waals surface area contributed by atoms with Crippen LogP contribution in [0.2, 0.25) is 0 Å². The Balaban J connectivity index is 1.72. The van der Waals surface area contributed by atoms with Crippen molar-refractivity contribution in [2.45, 2.75) is 64.5 Å². The molecular formula is C17H30N4O2. The Kier molecular flexibility index (Phi) is 7.39. The Labute approximate surface area is 139 Å². The average Bonchev–Trinajstić information content (AvgIpc) is 3.24. The normalized spacial score (nSPS) is 18.6. The Morgan fingerprint density at radius 1 is 1.39 bits per heavy atom. The first kappa shape index (κ1) is 17.8. The second-order valence-electron chi connectivity index (χ2n) is 6.01. The maximum atomic E-state index is 5.62. The molecule has 23 heavy (non-hydrogen) atoms. The minimum atomic E-state index is 0.400. The maximum absolute atomic E-state index is 5.62. The topological polar surface area (TPSA) is 71.7 Å². The molecule has 1 unspecified atom stereocenters. The van der Waals surface area contributed by atoms with Crippen LogP contribution in [0.25, 0.3) is 0 Å². The monoisotopic (exact) mass is 322 g/mol. The van der Waals surface area contributed by atoms with Crippen molar-refractivity contribution in [2.24, 2.45) is 4.99 Å². The van der Waals surface area contributed by atoms with Crippen LogP contribution in [0.1, 0.15) is 63.3 Å². The predicted octanol–water partition coefficient (Wildman–Crippen LogP) is 2.81. The third-order valence-electron chi connectivity index (χ3n) is 4.42. The summed E-state index contributed by atoms with van der Waals surface area (Å²) in [5, 5.41) is 10.8. The van der Waals surface area contributed by atoms with Gasteiger partial charge in [-0.2, -0.15) is 0 Å². The predicted molar refractivity (Wildman–Crippen MR) is 91.6 cm³/mol. The van der Waals surface area contributed by atoms with Gasteiger partial charge in [-0.3, -0.25) is 4.99 Å². The third kappa shape index (κ3) is 5.53. The van der Waals surface area contributed by atoms with Crippen LogP contribution in [0.3, 0.4) is 0 Å².